The molecule has 0 aliphatic rings. The van der Waals surface area contributed by atoms with Gasteiger partial charge in [-0.15, -0.1) is 10.2 Å². The minimum absolute atomic E-state index is 0.273. The summed E-state index contributed by atoms with van der Waals surface area (Å²) < 4.78 is 1.99. The molecule has 0 spiro atoms. The lowest BCUT2D eigenvalue weighted by molar-refractivity contribution is -0.118. The maximum absolute atomic E-state index is 10.9. The first-order chi connectivity index (χ1) is 10.5. The van der Waals surface area contributed by atoms with Gasteiger partial charge >= 0.3 is 0 Å². The molecule has 2 aromatic rings. The van der Waals surface area contributed by atoms with E-state index in [1.165, 1.54) is 0 Å². The van der Waals surface area contributed by atoms with Gasteiger partial charge in [-0.2, -0.15) is 0 Å². The number of amides is 1. The SMILES string of the molecule is CCn1c(CCC(N)=O)nnc1SCc1ccc(Cl)c(Cl)c1. The van der Waals surface area contributed by atoms with Crippen molar-refractivity contribution in [2.75, 3.05) is 0 Å². The summed E-state index contributed by atoms with van der Waals surface area (Å²) in [5.41, 5.74) is 6.23. The highest BCUT2D eigenvalue weighted by molar-refractivity contribution is 7.98. The lowest BCUT2D eigenvalue weighted by Crippen LogP contribution is -2.13. The van der Waals surface area contributed by atoms with E-state index < -0.39 is 0 Å². The van der Waals surface area contributed by atoms with Crippen LogP contribution >= 0.6 is 35.0 Å². The van der Waals surface area contributed by atoms with Crippen molar-refractivity contribution >= 4 is 40.9 Å². The van der Waals surface area contributed by atoms with Gasteiger partial charge in [0, 0.05) is 25.1 Å². The quantitative estimate of drug-likeness (QED) is 0.770. The summed E-state index contributed by atoms with van der Waals surface area (Å²) in [5, 5.41) is 10.2. The fraction of sp³-hybridized carbons (Fsp3) is 0.357. The van der Waals surface area contributed by atoms with Gasteiger partial charge in [-0.25, -0.2) is 0 Å². The number of hydrogen-bond donors (Lipinski definition) is 1. The van der Waals surface area contributed by atoms with Gasteiger partial charge in [0.15, 0.2) is 5.16 Å². The third kappa shape index (κ3) is 4.38. The number of aromatic nitrogens is 3. The molecule has 0 unspecified atom stereocenters. The van der Waals surface area contributed by atoms with Crippen molar-refractivity contribution in [1.29, 1.82) is 0 Å². The van der Waals surface area contributed by atoms with Gasteiger partial charge in [0.05, 0.1) is 10.0 Å². The second-order valence-electron chi connectivity index (χ2n) is 4.65. The second-order valence-corrected chi connectivity index (χ2v) is 6.40. The molecule has 2 rings (SSSR count). The Balaban J connectivity index is 2.06. The Hall–Kier alpha value is -1.24. The molecule has 0 aliphatic heterocycles. The van der Waals surface area contributed by atoms with Crippen LogP contribution in [0.25, 0.3) is 0 Å². The standard InChI is InChI=1S/C14H16Cl2N4OS/c1-2-20-13(6-5-12(17)21)18-19-14(20)22-8-9-3-4-10(15)11(16)7-9/h3-4,7H,2,5-6,8H2,1H3,(H2,17,21). The van der Waals surface area contributed by atoms with Crippen LogP contribution in [0.2, 0.25) is 10.0 Å². The van der Waals surface area contributed by atoms with Crippen molar-refractivity contribution in [1.82, 2.24) is 14.8 Å². The summed E-state index contributed by atoms with van der Waals surface area (Å²) in [4.78, 5) is 10.9. The zero-order valence-electron chi connectivity index (χ0n) is 12.1. The molecule has 2 N–H and O–H groups in total. The summed E-state index contributed by atoms with van der Waals surface area (Å²) in [6.45, 7) is 2.76. The minimum Gasteiger partial charge on any atom is -0.370 e. The van der Waals surface area contributed by atoms with E-state index in [9.17, 15) is 4.79 Å². The Kier molecular flexibility index (Phi) is 6.11. The molecule has 0 aliphatic carbocycles. The molecular formula is C14H16Cl2N4OS. The number of primary amides is 1. The number of thioether (sulfide) groups is 1. The summed E-state index contributed by atoms with van der Waals surface area (Å²) >= 11 is 13.5. The molecule has 0 fully saturated rings. The molecule has 1 amide bonds. The highest BCUT2D eigenvalue weighted by Crippen LogP contribution is 2.27. The van der Waals surface area contributed by atoms with Crippen LogP contribution in [-0.2, 0) is 23.5 Å². The van der Waals surface area contributed by atoms with Crippen LogP contribution in [0, 0.1) is 0 Å². The monoisotopic (exact) mass is 358 g/mol. The summed E-state index contributed by atoms with van der Waals surface area (Å²) in [7, 11) is 0. The van der Waals surface area contributed by atoms with Crippen molar-refractivity contribution in [3.05, 3.63) is 39.6 Å². The van der Waals surface area contributed by atoms with E-state index in [0.29, 0.717) is 22.2 Å². The third-order valence-electron chi connectivity index (χ3n) is 3.06. The zero-order valence-corrected chi connectivity index (χ0v) is 14.4. The molecular weight excluding hydrogens is 343 g/mol. The fourth-order valence-electron chi connectivity index (χ4n) is 1.94. The number of nitrogens with two attached hydrogens (primary N) is 1. The molecule has 0 bridgehead atoms. The Bertz CT molecular complexity index is 675. The van der Waals surface area contributed by atoms with Crippen LogP contribution in [0.5, 0.6) is 0 Å². The first-order valence-corrected chi connectivity index (χ1v) is 8.52. The number of benzene rings is 1. The van der Waals surface area contributed by atoms with Gasteiger partial charge in [-0.05, 0) is 24.6 Å². The van der Waals surface area contributed by atoms with E-state index in [2.05, 4.69) is 10.2 Å². The lowest BCUT2D eigenvalue weighted by Gasteiger charge is -2.07. The number of carbonyl (C=O) groups excluding carboxylic acids is 1. The molecule has 0 saturated carbocycles. The van der Waals surface area contributed by atoms with Crippen LogP contribution in [0.15, 0.2) is 23.4 Å². The summed E-state index contributed by atoms with van der Waals surface area (Å²) in [6, 6.07) is 5.56. The van der Waals surface area contributed by atoms with Crippen LogP contribution in [0.3, 0.4) is 0 Å². The van der Waals surface area contributed by atoms with Crippen molar-refractivity contribution < 1.29 is 4.79 Å². The fourth-order valence-corrected chi connectivity index (χ4v) is 3.23. The van der Waals surface area contributed by atoms with Crippen molar-refractivity contribution in [2.24, 2.45) is 5.73 Å². The summed E-state index contributed by atoms with van der Waals surface area (Å²) in [5.74, 6) is 1.15. The van der Waals surface area contributed by atoms with E-state index in [4.69, 9.17) is 28.9 Å². The van der Waals surface area contributed by atoms with Gasteiger partial charge in [-0.3, -0.25) is 4.79 Å². The Morgan fingerprint density at radius 2 is 2.09 bits per heavy atom. The van der Waals surface area contributed by atoms with Gasteiger partial charge < -0.3 is 10.3 Å². The number of halogens is 2. The number of carbonyl (C=O) groups is 1. The van der Waals surface area contributed by atoms with E-state index in [-0.39, 0.29) is 12.3 Å². The molecule has 118 valence electrons. The third-order valence-corrected chi connectivity index (χ3v) is 4.83. The molecule has 22 heavy (non-hydrogen) atoms. The van der Waals surface area contributed by atoms with Gasteiger partial charge in [0.25, 0.3) is 0 Å². The van der Waals surface area contributed by atoms with E-state index >= 15 is 0 Å². The van der Waals surface area contributed by atoms with Crippen molar-refractivity contribution in [3.8, 4) is 0 Å². The zero-order chi connectivity index (χ0) is 16.1. The number of nitrogens with zero attached hydrogens (tertiary/aromatic N) is 3. The Labute approximate surface area is 143 Å². The lowest BCUT2D eigenvalue weighted by atomic mass is 10.2. The Morgan fingerprint density at radius 1 is 1.32 bits per heavy atom. The molecule has 8 heteroatoms. The average Bonchev–Trinajstić information content (AvgIpc) is 2.88. The molecule has 0 atom stereocenters. The van der Waals surface area contributed by atoms with Crippen molar-refractivity contribution in [2.45, 2.75) is 37.2 Å². The van der Waals surface area contributed by atoms with Crippen LogP contribution < -0.4 is 5.73 Å². The predicted molar refractivity (Wildman–Crippen MR) is 89.2 cm³/mol. The normalized spacial score (nSPS) is 10.9. The first-order valence-electron chi connectivity index (χ1n) is 6.78. The smallest absolute Gasteiger partial charge is 0.217 e. The molecule has 0 saturated heterocycles. The van der Waals surface area contributed by atoms with Gasteiger partial charge in [0.1, 0.15) is 5.82 Å². The second kappa shape index (κ2) is 7.85. The molecule has 1 aromatic carbocycles. The number of rotatable bonds is 7. The highest BCUT2D eigenvalue weighted by Gasteiger charge is 2.12. The number of hydrogen-bond acceptors (Lipinski definition) is 4. The first kappa shape index (κ1) is 17.1. The highest BCUT2D eigenvalue weighted by atomic mass is 35.5. The van der Waals surface area contributed by atoms with Crippen LogP contribution in [0.1, 0.15) is 24.7 Å². The molecule has 5 nitrogen and oxygen atoms in total. The topological polar surface area (TPSA) is 73.8 Å². The summed E-state index contributed by atoms with van der Waals surface area (Å²) in [6.07, 6.45) is 0.777. The van der Waals surface area contributed by atoms with Crippen LogP contribution in [0.4, 0.5) is 0 Å². The average molecular weight is 359 g/mol. The largest absolute Gasteiger partial charge is 0.370 e. The van der Waals surface area contributed by atoms with E-state index in [1.807, 2.05) is 23.6 Å². The van der Waals surface area contributed by atoms with Crippen molar-refractivity contribution in [3.63, 3.8) is 0 Å². The number of aryl methyl sites for hydroxylation is 1. The van der Waals surface area contributed by atoms with Gasteiger partial charge in [0.2, 0.25) is 5.91 Å². The molecule has 1 aromatic heterocycles. The molecule has 0 radical (unpaired) electrons. The van der Waals surface area contributed by atoms with Gasteiger partial charge in [-0.1, -0.05) is 41.0 Å². The predicted octanol–water partition coefficient (Wildman–Crippen LogP) is 3.32. The van der Waals surface area contributed by atoms with E-state index in [0.717, 1.165) is 23.1 Å². The molecule has 1 heterocycles. The van der Waals surface area contributed by atoms with Crippen LogP contribution in [-0.4, -0.2) is 20.7 Å². The maximum Gasteiger partial charge on any atom is 0.217 e. The maximum atomic E-state index is 10.9. The van der Waals surface area contributed by atoms with E-state index in [1.54, 1.807) is 17.8 Å². The minimum atomic E-state index is -0.337. The Morgan fingerprint density at radius 3 is 2.73 bits per heavy atom.